The molecule has 33 heavy (non-hydrogen) atoms. The number of aliphatic hydroxyl groups excluding tert-OH is 1. The molecule has 8 heteroatoms. The third-order valence-electron chi connectivity index (χ3n) is 8.24. The topological polar surface area (TPSA) is 117 Å². The van der Waals surface area contributed by atoms with E-state index in [2.05, 4.69) is 27.1 Å². The zero-order valence-electron chi connectivity index (χ0n) is 18.8. The average molecular weight is 451 g/mol. The maximum atomic E-state index is 12.7. The Labute approximate surface area is 192 Å². The summed E-state index contributed by atoms with van der Waals surface area (Å²) in [6.07, 6.45) is 11.4. The fourth-order valence-electron chi connectivity index (χ4n) is 7.16. The Morgan fingerprint density at radius 1 is 1.27 bits per heavy atom. The first-order chi connectivity index (χ1) is 15.8. The van der Waals surface area contributed by atoms with Gasteiger partial charge in [0.2, 0.25) is 5.78 Å². The summed E-state index contributed by atoms with van der Waals surface area (Å²) >= 11 is 0. The lowest BCUT2D eigenvalue weighted by Crippen LogP contribution is -2.55. The number of carbonyl (C=O) groups excluding carboxylic acids is 2. The van der Waals surface area contributed by atoms with Crippen molar-refractivity contribution < 1.29 is 19.8 Å². The van der Waals surface area contributed by atoms with Crippen molar-refractivity contribution in [1.82, 2.24) is 20.1 Å². The Morgan fingerprint density at radius 3 is 2.73 bits per heavy atom. The molecule has 0 radical (unpaired) electrons. The second-order valence-corrected chi connectivity index (χ2v) is 10.7. The Bertz CT molecular complexity index is 1170. The van der Waals surface area contributed by atoms with Crippen LogP contribution in [0.1, 0.15) is 62.0 Å². The Balaban J connectivity index is 1.40. The summed E-state index contributed by atoms with van der Waals surface area (Å²) in [7, 11) is 0. The van der Waals surface area contributed by atoms with Crippen molar-refractivity contribution in [3.63, 3.8) is 0 Å². The van der Waals surface area contributed by atoms with E-state index >= 15 is 0 Å². The largest absolute Gasteiger partial charge is 0.394 e. The van der Waals surface area contributed by atoms with Gasteiger partial charge in [-0.15, -0.1) is 0 Å². The molecule has 0 spiro atoms. The number of nitrogens with one attached hydrogen (secondary N) is 1. The molecule has 0 aliphatic heterocycles. The molecule has 4 saturated carbocycles. The van der Waals surface area contributed by atoms with Crippen LogP contribution in [0.2, 0.25) is 0 Å². The predicted molar refractivity (Wildman–Crippen MR) is 121 cm³/mol. The number of rotatable bonds is 6. The number of carbonyl (C=O) groups is 2. The number of aromatic nitrogens is 3. The first kappa shape index (κ1) is 21.0. The van der Waals surface area contributed by atoms with Crippen molar-refractivity contribution in [1.29, 1.82) is 0 Å². The number of hydrogen-bond donors (Lipinski definition) is 3. The minimum atomic E-state index is -0.704. The van der Waals surface area contributed by atoms with E-state index in [0.717, 1.165) is 60.7 Å². The standard InChI is InChI=1S/C25H30N4O4/c1-13(12-30)27-24(32)21(31)7-20-18-11-26-19-4-2-3-17(19)23(18)29(28-20)22-15-5-14-6-16(22)10-25(33,8-14)9-15/h2-3,11,13-16,22,30,33H,4-10,12H2,1H3,(H,27,32)/t13-,14?,15-,16+,22?,25?/m1/s1. The van der Waals surface area contributed by atoms with Crippen molar-refractivity contribution in [3.05, 3.63) is 29.2 Å². The molecule has 2 aromatic heterocycles. The number of pyridine rings is 1. The molecule has 2 aromatic rings. The molecule has 0 aromatic carbocycles. The summed E-state index contributed by atoms with van der Waals surface area (Å²) in [5.74, 6) is 0.0603. The van der Waals surface area contributed by atoms with E-state index in [0.29, 0.717) is 23.4 Å². The van der Waals surface area contributed by atoms with Gasteiger partial charge in [-0.3, -0.25) is 19.3 Å². The van der Waals surface area contributed by atoms with E-state index in [-0.39, 0.29) is 19.1 Å². The lowest BCUT2D eigenvalue weighted by atomic mass is 9.52. The number of ketones is 1. The molecule has 3 unspecified atom stereocenters. The number of aliphatic hydroxyl groups is 2. The van der Waals surface area contributed by atoms with Crippen LogP contribution in [0.5, 0.6) is 0 Å². The number of Topliss-reactive ketones (excluding diaryl/α,β-unsaturated/α-hetero) is 1. The van der Waals surface area contributed by atoms with Crippen LogP contribution >= 0.6 is 0 Å². The molecule has 0 saturated heterocycles. The molecule has 174 valence electrons. The zero-order chi connectivity index (χ0) is 22.9. The SMILES string of the molecule is C[C@H](CO)NC(=O)C(=O)Cc1nn(C2[C@@H]3CC4C[C@H]2CC(O)(C4)C3)c2c3c(ncc12)CC=C3. The summed E-state index contributed by atoms with van der Waals surface area (Å²) in [6, 6.07) is -0.290. The minimum Gasteiger partial charge on any atom is -0.394 e. The summed E-state index contributed by atoms with van der Waals surface area (Å²) in [4.78, 5) is 29.6. The van der Waals surface area contributed by atoms with Gasteiger partial charge in [0.1, 0.15) is 0 Å². The van der Waals surface area contributed by atoms with Crippen LogP contribution in [-0.2, 0) is 22.4 Å². The van der Waals surface area contributed by atoms with E-state index in [4.69, 9.17) is 5.10 Å². The highest BCUT2D eigenvalue weighted by Gasteiger charge is 2.56. The van der Waals surface area contributed by atoms with Crippen LogP contribution < -0.4 is 5.32 Å². The quantitative estimate of drug-likeness (QED) is 0.577. The summed E-state index contributed by atoms with van der Waals surface area (Å²) in [5, 5.41) is 28.6. The first-order valence-corrected chi connectivity index (χ1v) is 12.1. The number of allylic oxidation sites excluding steroid dienone is 1. The lowest BCUT2D eigenvalue weighted by molar-refractivity contribution is -0.148. The van der Waals surface area contributed by atoms with Crippen LogP contribution in [0.25, 0.3) is 17.0 Å². The molecule has 2 heterocycles. The molecule has 4 fully saturated rings. The molecule has 3 N–H and O–H groups in total. The van der Waals surface area contributed by atoms with Crippen LogP contribution in [0.4, 0.5) is 0 Å². The second-order valence-electron chi connectivity index (χ2n) is 10.7. The van der Waals surface area contributed by atoms with Gasteiger partial charge in [-0.05, 0) is 56.8 Å². The molecule has 5 aliphatic carbocycles. The van der Waals surface area contributed by atoms with Gasteiger partial charge in [-0.1, -0.05) is 12.2 Å². The van der Waals surface area contributed by atoms with Crippen LogP contribution in [0.15, 0.2) is 12.3 Å². The fourth-order valence-corrected chi connectivity index (χ4v) is 7.16. The second kappa shape index (κ2) is 7.46. The van der Waals surface area contributed by atoms with E-state index < -0.39 is 23.3 Å². The van der Waals surface area contributed by atoms with Crippen molar-refractivity contribution in [2.75, 3.05) is 6.61 Å². The third kappa shape index (κ3) is 3.34. The third-order valence-corrected chi connectivity index (χ3v) is 8.24. The summed E-state index contributed by atoms with van der Waals surface area (Å²) in [5.41, 5.74) is 3.12. The van der Waals surface area contributed by atoms with Crippen LogP contribution in [0, 0.1) is 17.8 Å². The molecule has 5 aliphatic rings. The molecule has 6 atom stereocenters. The molecule has 7 rings (SSSR count). The van der Waals surface area contributed by atoms with Gasteiger partial charge in [0.15, 0.2) is 0 Å². The monoisotopic (exact) mass is 450 g/mol. The van der Waals surface area contributed by atoms with Crippen molar-refractivity contribution in [2.45, 2.75) is 69.6 Å². The van der Waals surface area contributed by atoms with Crippen molar-refractivity contribution in [3.8, 4) is 0 Å². The van der Waals surface area contributed by atoms with Gasteiger partial charge >= 0.3 is 0 Å². The predicted octanol–water partition coefficient (Wildman–Crippen LogP) is 1.72. The highest BCUT2D eigenvalue weighted by atomic mass is 16.3. The summed E-state index contributed by atoms with van der Waals surface area (Å²) < 4.78 is 2.12. The smallest absolute Gasteiger partial charge is 0.288 e. The molecule has 1 amide bonds. The van der Waals surface area contributed by atoms with E-state index in [1.165, 1.54) is 0 Å². The average Bonchev–Trinajstić information content (AvgIpc) is 3.37. The number of hydrogen-bond acceptors (Lipinski definition) is 6. The highest BCUT2D eigenvalue weighted by molar-refractivity contribution is 6.36. The van der Waals surface area contributed by atoms with Gasteiger partial charge in [-0.2, -0.15) is 5.10 Å². The highest BCUT2D eigenvalue weighted by Crippen LogP contribution is 2.60. The normalized spacial score (nSPS) is 32.3. The Kier molecular flexibility index (Phi) is 4.75. The van der Waals surface area contributed by atoms with Gasteiger partial charge in [0.05, 0.1) is 41.6 Å². The van der Waals surface area contributed by atoms with Crippen LogP contribution in [0.3, 0.4) is 0 Å². The van der Waals surface area contributed by atoms with Crippen molar-refractivity contribution in [2.24, 2.45) is 17.8 Å². The molecule has 8 nitrogen and oxygen atoms in total. The van der Waals surface area contributed by atoms with Gasteiger partial charge in [0.25, 0.3) is 5.91 Å². The number of amides is 1. The van der Waals surface area contributed by atoms with Gasteiger partial charge in [-0.25, -0.2) is 0 Å². The van der Waals surface area contributed by atoms with Crippen molar-refractivity contribution >= 4 is 28.7 Å². The maximum Gasteiger partial charge on any atom is 0.288 e. The molecule has 4 bridgehead atoms. The zero-order valence-corrected chi connectivity index (χ0v) is 18.8. The first-order valence-electron chi connectivity index (χ1n) is 12.1. The fraction of sp³-hybridized carbons (Fsp3) is 0.600. The Morgan fingerprint density at radius 2 is 2.03 bits per heavy atom. The molecular weight excluding hydrogens is 420 g/mol. The van der Waals surface area contributed by atoms with Crippen LogP contribution in [-0.4, -0.2) is 54.9 Å². The van der Waals surface area contributed by atoms with E-state index in [9.17, 15) is 19.8 Å². The maximum absolute atomic E-state index is 12.7. The lowest BCUT2D eigenvalue weighted by Gasteiger charge is -2.58. The molecular formula is C25H30N4O4. The Hall–Kier alpha value is -2.58. The minimum absolute atomic E-state index is 0.105. The van der Waals surface area contributed by atoms with E-state index in [1.54, 1.807) is 13.1 Å². The van der Waals surface area contributed by atoms with E-state index in [1.807, 2.05) is 0 Å². The number of nitrogens with zero attached hydrogens (tertiary/aromatic N) is 3. The summed E-state index contributed by atoms with van der Waals surface area (Å²) in [6.45, 7) is 1.42. The number of fused-ring (bicyclic) bond motifs is 3. The van der Waals surface area contributed by atoms with Gasteiger partial charge in [0, 0.05) is 29.6 Å². The van der Waals surface area contributed by atoms with Gasteiger partial charge < -0.3 is 15.5 Å².